The highest BCUT2D eigenvalue weighted by molar-refractivity contribution is 5.85. The Bertz CT molecular complexity index is 548. The summed E-state index contributed by atoms with van der Waals surface area (Å²) < 4.78 is 18.1. The average molecular weight is 320 g/mol. The van der Waals surface area contributed by atoms with Crippen molar-refractivity contribution in [3.63, 3.8) is 0 Å². The van der Waals surface area contributed by atoms with Crippen LogP contribution in [0.4, 0.5) is 4.39 Å². The normalized spacial score (nSPS) is 25.5. The van der Waals surface area contributed by atoms with Crippen LogP contribution in [0, 0.1) is 11.2 Å². The predicted octanol–water partition coefficient (Wildman–Crippen LogP) is 2.29. The van der Waals surface area contributed by atoms with Crippen LogP contribution in [0.25, 0.3) is 0 Å². The van der Waals surface area contributed by atoms with Crippen LogP contribution in [-0.2, 0) is 16.1 Å². The third-order valence-electron chi connectivity index (χ3n) is 5.14. The van der Waals surface area contributed by atoms with Crippen LogP contribution in [0.2, 0.25) is 0 Å². The molecule has 0 unspecified atom stereocenters. The highest BCUT2D eigenvalue weighted by Gasteiger charge is 2.48. The number of piperidine rings is 1. The van der Waals surface area contributed by atoms with Gasteiger partial charge in [-0.3, -0.25) is 9.69 Å². The number of ether oxygens (including phenoxy) is 1. The number of hydrogen-bond donors (Lipinski definition) is 0. The molecule has 1 amide bonds. The summed E-state index contributed by atoms with van der Waals surface area (Å²) >= 11 is 0. The fraction of sp³-hybridized carbons (Fsp3) is 0.611. The molecule has 1 atom stereocenters. The number of rotatable bonds is 5. The van der Waals surface area contributed by atoms with Gasteiger partial charge >= 0.3 is 0 Å². The third kappa shape index (κ3) is 3.56. The van der Waals surface area contributed by atoms with Crippen molar-refractivity contribution in [3.8, 4) is 0 Å². The van der Waals surface area contributed by atoms with Gasteiger partial charge in [-0.25, -0.2) is 4.39 Å². The number of hydrogen-bond acceptors (Lipinski definition) is 3. The smallest absolute Gasteiger partial charge is 0.230 e. The lowest BCUT2D eigenvalue weighted by molar-refractivity contribution is -0.139. The number of likely N-dealkylation sites (tertiary alicyclic amines) is 2. The highest BCUT2D eigenvalue weighted by atomic mass is 19.1. The van der Waals surface area contributed by atoms with E-state index in [9.17, 15) is 9.18 Å². The number of nitrogens with zero attached hydrogens (tertiary/aromatic N) is 2. The van der Waals surface area contributed by atoms with Gasteiger partial charge in [0.15, 0.2) is 0 Å². The minimum atomic E-state index is -0.216. The molecule has 0 aromatic heterocycles. The van der Waals surface area contributed by atoms with Crippen molar-refractivity contribution < 1.29 is 13.9 Å². The van der Waals surface area contributed by atoms with Gasteiger partial charge in [0.2, 0.25) is 5.91 Å². The second-order valence-corrected chi connectivity index (χ2v) is 6.76. The van der Waals surface area contributed by atoms with Crippen LogP contribution < -0.4 is 0 Å². The lowest BCUT2D eigenvalue weighted by atomic mass is 9.78. The van der Waals surface area contributed by atoms with Gasteiger partial charge in [0, 0.05) is 33.3 Å². The molecule has 0 aliphatic carbocycles. The zero-order valence-electron chi connectivity index (χ0n) is 13.8. The summed E-state index contributed by atoms with van der Waals surface area (Å²) in [6.45, 7) is 4.73. The Hall–Kier alpha value is -1.46. The molecule has 126 valence electrons. The molecule has 1 spiro atoms. The zero-order chi connectivity index (χ0) is 16.3. The number of carbonyl (C=O) groups excluding carboxylic acids is 1. The van der Waals surface area contributed by atoms with E-state index in [4.69, 9.17) is 4.74 Å². The Morgan fingerprint density at radius 2 is 2.00 bits per heavy atom. The van der Waals surface area contributed by atoms with E-state index in [2.05, 4.69) is 4.90 Å². The number of methoxy groups -OCH3 is 1. The van der Waals surface area contributed by atoms with Crippen molar-refractivity contribution >= 4 is 5.91 Å². The maximum atomic E-state index is 13.0. The summed E-state index contributed by atoms with van der Waals surface area (Å²) in [6.07, 6.45) is 2.97. The van der Waals surface area contributed by atoms with Gasteiger partial charge in [-0.2, -0.15) is 0 Å². The largest absolute Gasteiger partial charge is 0.383 e. The van der Waals surface area contributed by atoms with Crippen molar-refractivity contribution in [2.75, 3.05) is 39.9 Å². The van der Waals surface area contributed by atoms with Crippen LogP contribution in [0.5, 0.6) is 0 Å². The van der Waals surface area contributed by atoms with Crippen molar-refractivity contribution in [2.45, 2.75) is 25.8 Å². The highest BCUT2D eigenvalue weighted by Crippen LogP contribution is 2.40. The van der Waals surface area contributed by atoms with Crippen molar-refractivity contribution in [2.24, 2.45) is 5.41 Å². The standard InChI is InChI=1S/C18H25FN2O2/c1-23-12-11-21-10-8-18(17(21)22)7-2-9-20(14-18)13-15-3-5-16(19)6-4-15/h3-6H,2,7-14H2,1H3/t18-/m0/s1. The second kappa shape index (κ2) is 6.97. The minimum Gasteiger partial charge on any atom is -0.383 e. The van der Waals surface area contributed by atoms with Crippen molar-refractivity contribution in [1.29, 1.82) is 0 Å². The van der Waals surface area contributed by atoms with Gasteiger partial charge in [-0.1, -0.05) is 12.1 Å². The summed E-state index contributed by atoms with van der Waals surface area (Å²) in [6, 6.07) is 6.67. The SMILES string of the molecule is COCCN1CC[C@]2(CCCN(Cc3ccc(F)cc3)C2)C1=O. The molecule has 1 aromatic carbocycles. The predicted molar refractivity (Wildman–Crippen MR) is 86.4 cm³/mol. The Balaban J connectivity index is 1.63. The van der Waals surface area contributed by atoms with Crippen LogP contribution >= 0.6 is 0 Å². The first-order valence-corrected chi connectivity index (χ1v) is 8.38. The first kappa shape index (κ1) is 16.4. The van der Waals surface area contributed by atoms with Gasteiger partial charge in [-0.15, -0.1) is 0 Å². The van der Waals surface area contributed by atoms with Gasteiger partial charge in [0.05, 0.1) is 12.0 Å². The Morgan fingerprint density at radius 3 is 2.74 bits per heavy atom. The average Bonchev–Trinajstić information content (AvgIpc) is 2.84. The van der Waals surface area contributed by atoms with Gasteiger partial charge in [-0.05, 0) is 43.5 Å². The van der Waals surface area contributed by atoms with Crippen LogP contribution in [0.1, 0.15) is 24.8 Å². The molecule has 2 heterocycles. The number of carbonyl (C=O) groups is 1. The first-order valence-electron chi connectivity index (χ1n) is 8.38. The van der Waals surface area contributed by atoms with E-state index in [-0.39, 0.29) is 11.2 Å². The van der Waals surface area contributed by atoms with Gasteiger partial charge < -0.3 is 9.64 Å². The van der Waals surface area contributed by atoms with Crippen molar-refractivity contribution in [1.82, 2.24) is 9.80 Å². The van der Waals surface area contributed by atoms with Crippen LogP contribution in [0.15, 0.2) is 24.3 Å². The Kier molecular flexibility index (Phi) is 4.97. The molecule has 2 fully saturated rings. The minimum absolute atomic E-state index is 0.205. The Morgan fingerprint density at radius 1 is 1.22 bits per heavy atom. The lowest BCUT2D eigenvalue weighted by Crippen LogP contribution is -2.47. The molecule has 4 nitrogen and oxygen atoms in total. The van der Waals surface area contributed by atoms with Crippen molar-refractivity contribution in [3.05, 3.63) is 35.6 Å². The maximum absolute atomic E-state index is 13.0. The van der Waals surface area contributed by atoms with E-state index in [0.717, 1.165) is 51.0 Å². The molecule has 0 saturated carbocycles. The molecule has 0 N–H and O–H groups in total. The van der Waals surface area contributed by atoms with Gasteiger partial charge in [0.1, 0.15) is 5.82 Å². The molecule has 0 radical (unpaired) electrons. The van der Waals surface area contributed by atoms with E-state index in [1.165, 1.54) is 12.1 Å². The summed E-state index contributed by atoms with van der Waals surface area (Å²) in [7, 11) is 1.67. The van der Waals surface area contributed by atoms with E-state index in [0.29, 0.717) is 19.1 Å². The molecule has 5 heteroatoms. The molecule has 1 aromatic rings. The first-order chi connectivity index (χ1) is 11.1. The van der Waals surface area contributed by atoms with E-state index < -0.39 is 0 Å². The van der Waals surface area contributed by atoms with E-state index in [1.807, 2.05) is 17.0 Å². The summed E-state index contributed by atoms with van der Waals surface area (Å²) in [5.41, 5.74) is 0.886. The maximum Gasteiger partial charge on any atom is 0.230 e. The summed E-state index contributed by atoms with van der Waals surface area (Å²) in [4.78, 5) is 17.1. The molecule has 2 saturated heterocycles. The molecule has 2 aliphatic rings. The fourth-order valence-electron chi connectivity index (χ4n) is 3.90. The topological polar surface area (TPSA) is 32.8 Å². The fourth-order valence-corrected chi connectivity index (χ4v) is 3.90. The molecule has 23 heavy (non-hydrogen) atoms. The second-order valence-electron chi connectivity index (χ2n) is 6.76. The number of halogens is 1. The van der Waals surface area contributed by atoms with E-state index >= 15 is 0 Å². The van der Waals surface area contributed by atoms with Gasteiger partial charge in [0.25, 0.3) is 0 Å². The molecular weight excluding hydrogens is 295 g/mol. The quantitative estimate of drug-likeness (QED) is 0.834. The van der Waals surface area contributed by atoms with Crippen LogP contribution in [-0.4, -0.2) is 55.6 Å². The van der Waals surface area contributed by atoms with E-state index in [1.54, 1.807) is 7.11 Å². The summed E-state index contributed by atoms with van der Waals surface area (Å²) in [5, 5.41) is 0. The monoisotopic (exact) mass is 320 g/mol. The molecule has 3 rings (SSSR count). The zero-order valence-corrected chi connectivity index (χ0v) is 13.8. The Labute approximate surface area is 137 Å². The molecular formula is C18H25FN2O2. The summed E-state index contributed by atoms with van der Waals surface area (Å²) in [5.74, 6) is 0.0852. The number of benzene rings is 1. The number of amides is 1. The molecule has 0 bridgehead atoms. The third-order valence-corrected chi connectivity index (χ3v) is 5.14. The lowest BCUT2D eigenvalue weighted by Gasteiger charge is -2.39. The molecule has 2 aliphatic heterocycles. The van der Waals surface area contributed by atoms with Crippen LogP contribution in [0.3, 0.4) is 0 Å².